The van der Waals surface area contributed by atoms with Gasteiger partial charge in [0.15, 0.2) is 5.69 Å². The molecule has 5 heterocycles. The van der Waals surface area contributed by atoms with Crippen molar-refractivity contribution in [2.75, 3.05) is 42.9 Å². The normalized spacial score (nSPS) is 30.0. The fourth-order valence-corrected chi connectivity index (χ4v) is 8.66. The zero-order valence-electron chi connectivity index (χ0n) is 27.4. The summed E-state index contributed by atoms with van der Waals surface area (Å²) in [6.07, 6.45) is 5.78. The Labute approximate surface area is 282 Å². The minimum atomic E-state index is -2.74. The van der Waals surface area contributed by atoms with Crippen LogP contribution in [-0.4, -0.2) is 87.4 Å². The second-order valence-electron chi connectivity index (χ2n) is 14.8. The van der Waals surface area contributed by atoms with Crippen LogP contribution in [0, 0.1) is 17.3 Å². The van der Waals surface area contributed by atoms with Crippen molar-refractivity contribution in [3.05, 3.63) is 59.2 Å². The van der Waals surface area contributed by atoms with E-state index in [1.54, 1.807) is 17.8 Å². The van der Waals surface area contributed by atoms with Crippen LogP contribution in [0.25, 0.3) is 0 Å². The Morgan fingerprint density at radius 1 is 1.08 bits per heavy atom. The molecule has 3 N–H and O–H groups in total. The van der Waals surface area contributed by atoms with Crippen molar-refractivity contribution in [3.8, 4) is 0 Å². The van der Waals surface area contributed by atoms with Crippen molar-refractivity contribution < 1.29 is 27.6 Å². The van der Waals surface area contributed by atoms with E-state index in [0.717, 1.165) is 50.3 Å². The second kappa shape index (κ2) is 12.0. The van der Waals surface area contributed by atoms with Gasteiger partial charge < -0.3 is 15.1 Å². The minimum absolute atomic E-state index is 0.112. The van der Waals surface area contributed by atoms with E-state index < -0.39 is 35.4 Å². The van der Waals surface area contributed by atoms with Crippen LogP contribution in [0.4, 0.5) is 24.5 Å². The molecule has 3 aliphatic heterocycles. The van der Waals surface area contributed by atoms with Crippen LogP contribution in [0.5, 0.6) is 0 Å². The first-order chi connectivity index (χ1) is 23.5. The molecule has 3 saturated heterocycles. The van der Waals surface area contributed by atoms with Crippen LogP contribution in [0.15, 0.2) is 36.7 Å². The number of nitrogens with one attached hydrogen (secondary N) is 3. The van der Waals surface area contributed by atoms with Gasteiger partial charge in [-0.3, -0.25) is 29.5 Å². The van der Waals surface area contributed by atoms with Gasteiger partial charge in [-0.05, 0) is 55.7 Å². The molecule has 2 aromatic heterocycles. The van der Waals surface area contributed by atoms with Crippen LogP contribution >= 0.6 is 0 Å². The molecular formula is C35H41F3N8O3. The summed E-state index contributed by atoms with van der Waals surface area (Å²) in [6, 6.07) is 7.64. The summed E-state index contributed by atoms with van der Waals surface area (Å²) in [4.78, 5) is 41.3. The number of nitrogens with zero attached hydrogens (tertiary/aromatic N) is 5. The molecule has 14 heteroatoms. The Balaban J connectivity index is 0.802. The summed E-state index contributed by atoms with van der Waals surface area (Å²) in [6.45, 7) is 5.31. The van der Waals surface area contributed by atoms with Crippen molar-refractivity contribution in [2.24, 2.45) is 17.3 Å². The number of benzene rings is 1. The fraction of sp³-hybridized carbons (Fsp3) is 0.571. The second-order valence-corrected chi connectivity index (χ2v) is 14.8. The van der Waals surface area contributed by atoms with Gasteiger partial charge in [-0.1, -0.05) is 19.1 Å². The van der Waals surface area contributed by atoms with Gasteiger partial charge in [0.1, 0.15) is 6.17 Å². The largest absolute Gasteiger partial charge is 0.372 e. The van der Waals surface area contributed by atoms with Crippen LogP contribution in [-0.2, 0) is 22.4 Å². The molecule has 0 spiro atoms. The number of hydrogen-bond donors (Lipinski definition) is 3. The van der Waals surface area contributed by atoms with Crippen LogP contribution in [0.3, 0.4) is 0 Å². The fourth-order valence-electron chi connectivity index (χ4n) is 8.66. The van der Waals surface area contributed by atoms with Crippen molar-refractivity contribution in [2.45, 2.75) is 75.9 Å². The highest BCUT2D eigenvalue weighted by molar-refractivity contribution is 6.04. The third-order valence-corrected chi connectivity index (χ3v) is 11.8. The first kappa shape index (κ1) is 32.0. The number of imide groups is 1. The standard InChI is InChI=1S/C35H41F3N8O3/c1-34-15-27-25(14-29(34)35(34,37)38)31(43-42-27)33(49)40-22-16-39-46(18-22)28-10-11-44(19-26(28)36)17-20-8-12-45(13-9-20)23-4-2-21(3-5-23)24-6-7-30(47)41-32(24)48/h2-5,16,18,20,24,26,28-29H,6-15,17,19H2,1H3,(H,40,49)(H,42,43)(H,41,47,48)/t24-,26-,28-,29+,34-/m1/s1. The number of hydrogen-bond acceptors (Lipinski definition) is 7. The molecule has 11 nitrogen and oxygen atoms in total. The Bertz CT molecular complexity index is 1770. The predicted molar refractivity (Wildman–Crippen MR) is 174 cm³/mol. The van der Waals surface area contributed by atoms with Crippen molar-refractivity contribution in [1.29, 1.82) is 0 Å². The number of anilines is 2. The number of likely N-dealkylation sites (tertiary alicyclic amines) is 1. The van der Waals surface area contributed by atoms with Gasteiger partial charge in [-0.15, -0.1) is 0 Å². The number of carbonyl (C=O) groups is 3. The van der Waals surface area contributed by atoms with E-state index in [4.69, 9.17) is 0 Å². The minimum Gasteiger partial charge on any atom is -0.372 e. The zero-order valence-corrected chi connectivity index (χ0v) is 27.4. The van der Waals surface area contributed by atoms with Crippen molar-refractivity contribution >= 4 is 29.1 Å². The Hall–Kier alpha value is -4.20. The lowest BCUT2D eigenvalue weighted by Gasteiger charge is -2.39. The summed E-state index contributed by atoms with van der Waals surface area (Å²) in [7, 11) is 0. The Kier molecular flexibility index (Phi) is 7.84. The molecule has 1 aromatic carbocycles. The van der Waals surface area contributed by atoms with Crippen LogP contribution in [0.1, 0.15) is 78.3 Å². The lowest BCUT2D eigenvalue weighted by molar-refractivity contribution is -0.134. The van der Waals surface area contributed by atoms with Gasteiger partial charge in [0.25, 0.3) is 11.8 Å². The Morgan fingerprint density at radius 3 is 2.59 bits per heavy atom. The quantitative estimate of drug-likeness (QED) is 0.319. The monoisotopic (exact) mass is 678 g/mol. The van der Waals surface area contributed by atoms with Gasteiger partial charge in [-0.2, -0.15) is 10.2 Å². The molecule has 0 radical (unpaired) electrons. The molecule has 3 aromatic rings. The van der Waals surface area contributed by atoms with E-state index in [9.17, 15) is 23.2 Å². The number of fused-ring (bicyclic) bond motifs is 2. The smallest absolute Gasteiger partial charge is 0.276 e. The maximum atomic E-state index is 15.5. The number of H-pyrrole nitrogens is 1. The Morgan fingerprint density at radius 2 is 1.86 bits per heavy atom. The molecule has 4 fully saturated rings. The van der Waals surface area contributed by atoms with Gasteiger partial charge in [-0.25, -0.2) is 13.2 Å². The summed E-state index contributed by atoms with van der Waals surface area (Å²) >= 11 is 0. The number of piperidine rings is 3. The van der Waals surface area contributed by atoms with Crippen molar-refractivity contribution in [1.82, 2.24) is 30.2 Å². The lowest BCUT2D eigenvalue weighted by Crippen LogP contribution is -2.46. The number of aromatic amines is 1. The molecule has 8 rings (SSSR count). The molecule has 1 saturated carbocycles. The van der Waals surface area contributed by atoms with Crippen LogP contribution in [0.2, 0.25) is 0 Å². The van der Waals surface area contributed by atoms with E-state index in [2.05, 4.69) is 47.9 Å². The molecule has 5 aliphatic rings. The molecule has 0 unspecified atom stereocenters. The summed E-state index contributed by atoms with van der Waals surface area (Å²) in [5.41, 5.74) is 2.64. The maximum Gasteiger partial charge on any atom is 0.276 e. The van der Waals surface area contributed by atoms with E-state index in [1.807, 2.05) is 12.1 Å². The predicted octanol–water partition coefficient (Wildman–Crippen LogP) is 4.25. The number of halogens is 3. The average molecular weight is 679 g/mol. The highest BCUT2D eigenvalue weighted by Crippen LogP contribution is 2.70. The number of aromatic nitrogens is 4. The average Bonchev–Trinajstić information content (AvgIpc) is 3.50. The van der Waals surface area contributed by atoms with Crippen LogP contribution < -0.4 is 15.5 Å². The van der Waals surface area contributed by atoms with E-state index in [1.165, 1.54) is 6.20 Å². The van der Waals surface area contributed by atoms with Crippen molar-refractivity contribution in [3.63, 3.8) is 0 Å². The SMILES string of the molecule is C[C@@]12Cc3[nH]nc(C(=O)Nc4cnn([C@@H]5CCN(CC6CCN(c7ccc([C@H]8CCC(=O)NC8=O)cc7)CC6)C[C@H]5F)c4)c3C[C@@H]1C2(F)F. The third kappa shape index (κ3) is 5.71. The van der Waals surface area contributed by atoms with E-state index >= 15 is 4.39 Å². The first-order valence-corrected chi connectivity index (χ1v) is 17.3. The lowest BCUT2D eigenvalue weighted by atomic mass is 9.87. The topological polar surface area (TPSA) is 128 Å². The van der Waals surface area contributed by atoms with Gasteiger partial charge in [0, 0.05) is 80.0 Å². The highest BCUT2D eigenvalue weighted by atomic mass is 19.3. The number of amides is 3. The molecule has 260 valence electrons. The summed E-state index contributed by atoms with van der Waals surface area (Å²) in [5.74, 6) is -4.26. The number of rotatable bonds is 7. The molecule has 2 aliphatic carbocycles. The van der Waals surface area contributed by atoms with E-state index in [-0.39, 0.29) is 36.3 Å². The van der Waals surface area contributed by atoms with Gasteiger partial charge in [0.2, 0.25) is 11.8 Å². The summed E-state index contributed by atoms with van der Waals surface area (Å²) in [5, 5.41) is 16.5. The third-order valence-electron chi connectivity index (χ3n) is 11.8. The molecule has 5 atom stereocenters. The summed E-state index contributed by atoms with van der Waals surface area (Å²) < 4.78 is 45.7. The highest BCUT2D eigenvalue weighted by Gasteiger charge is 2.78. The molecule has 49 heavy (non-hydrogen) atoms. The van der Waals surface area contributed by atoms with Gasteiger partial charge in [0.05, 0.1) is 23.8 Å². The first-order valence-electron chi connectivity index (χ1n) is 17.3. The van der Waals surface area contributed by atoms with Gasteiger partial charge >= 0.3 is 0 Å². The molecular weight excluding hydrogens is 637 g/mol. The van der Waals surface area contributed by atoms with E-state index in [0.29, 0.717) is 48.7 Å². The maximum absolute atomic E-state index is 15.5. The molecule has 0 bridgehead atoms. The molecule has 3 amide bonds. The number of alkyl halides is 3. The number of carbonyl (C=O) groups excluding carboxylic acids is 3. The zero-order chi connectivity index (χ0) is 34.1.